The number of rotatable bonds is 13. The molecule has 11 amide bonds. The lowest BCUT2D eigenvalue weighted by molar-refractivity contribution is -0.145. The fraction of sp³-hybridized carbons (Fsp3) is 0.700. The Morgan fingerprint density at radius 2 is 1.12 bits per heavy atom. The van der Waals surface area contributed by atoms with Gasteiger partial charge in [-0.1, -0.05) is 13.8 Å². The molecule has 0 radical (unpaired) electrons. The number of aliphatic hydroxyl groups excluding tert-OH is 3. The van der Waals surface area contributed by atoms with Crippen molar-refractivity contribution in [2.75, 3.05) is 31.6 Å². The van der Waals surface area contributed by atoms with Gasteiger partial charge in [0.15, 0.2) is 0 Å². The maximum absolute atomic E-state index is 14.2. The minimum absolute atomic E-state index is 0.113. The molecule has 3 aliphatic heterocycles. The van der Waals surface area contributed by atoms with Crippen LogP contribution in [-0.2, 0) is 57.5 Å². The number of amides is 11. The summed E-state index contributed by atoms with van der Waals surface area (Å²) in [5.41, 5.74) is 10.7. The minimum atomic E-state index is -1.81. The van der Waals surface area contributed by atoms with E-state index in [1.165, 1.54) is 25.6 Å². The molecule has 11 atom stereocenters. The largest absolute Gasteiger partial charge is 0.481 e. The number of fused-ring (bicyclic) bond motifs is 2. The highest BCUT2D eigenvalue weighted by molar-refractivity contribution is 7.98. The molecule has 27 nitrogen and oxygen atoms in total. The first-order valence-electron chi connectivity index (χ1n) is 21.9. The van der Waals surface area contributed by atoms with Crippen LogP contribution in [0.1, 0.15) is 72.1 Å². The summed E-state index contributed by atoms with van der Waals surface area (Å²) in [5, 5.41) is 58.1. The van der Waals surface area contributed by atoms with E-state index >= 15 is 0 Å². The van der Waals surface area contributed by atoms with Gasteiger partial charge < -0.3 is 78.9 Å². The zero-order valence-corrected chi connectivity index (χ0v) is 38.9. The van der Waals surface area contributed by atoms with Gasteiger partial charge in [0, 0.05) is 38.8 Å². The second-order valence-electron chi connectivity index (χ2n) is 17.2. The molecule has 0 spiro atoms. The van der Waals surface area contributed by atoms with Crippen LogP contribution in [-0.4, -0.2) is 199 Å². The summed E-state index contributed by atoms with van der Waals surface area (Å²) in [6.45, 7) is 2.35. The first kappa shape index (κ1) is 56.2. The number of nitrogens with two attached hydrogens (primary N) is 2. The number of nitrogens with zero attached hydrogens (tertiary/aromatic N) is 2. The molecule has 11 unspecified atom stereocenters. The lowest BCUT2D eigenvalue weighted by atomic mass is 10.0. The number of nitrogens with one attached hydrogen (secondary N) is 7. The number of thioether (sulfide) groups is 1. The van der Waals surface area contributed by atoms with Gasteiger partial charge in [0.25, 0.3) is 0 Å². The van der Waals surface area contributed by atoms with Crippen LogP contribution in [0.25, 0.3) is 0 Å². The van der Waals surface area contributed by atoms with Gasteiger partial charge in [-0.3, -0.25) is 57.5 Å². The van der Waals surface area contributed by atoms with E-state index in [2.05, 4.69) is 37.2 Å². The van der Waals surface area contributed by atoms with Gasteiger partial charge >= 0.3 is 5.97 Å². The third-order valence-corrected chi connectivity index (χ3v) is 12.0. The SMILES string of the molecule is CSCCC1NC(=O)C(CCC(=O)O)NC(=O)C(CCC(N)=O)NC(=O)CNC(=O)C2CC(O)CN2C(=O)C(CC(N)=O)NC(=O)C(C(C)C)NC(=O)C2CC(O)CN2C(=O)C(C(C)O)NC1=O. The second-order valence-corrected chi connectivity index (χ2v) is 18.1. The number of hydrogen-bond acceptors (Lipinski definition) is 16. The van der Waals surface area contributed by atoms with Crippen LogP contribution in [0.5, 0.6) is 0 Å². The van der Waals surface area contributed by atoms with Crippen LogP contribution in [0.15, 0.2) is 0 Å². The topological polar surface area (TPSA) is 428 Å². The molecule has 68 heavy (non-hydrogen) atoms. The van der Waals surface area contributed by atoms with Gasteiger partial charge in [-0.2, -0.15) is 11.8 Å². The number of aliphatic carboxylic acids is 1. The Hall–Kier alpha value is -6.13. The van der Waals surface area contributed by atoms with Crippen LogP contribution in [0, 0.1) is 5.92 Å². The number of primary amides is 2. The predicted octanol–water partition coefficient (Wildman–Crippen LogP) is -7.26. The van der Waals surface area contributed by atoms with Crippen molar-refractivity contribution in [1.29, 1.82) is 0 Å². The second kappa shape index (κ2) is 25.9. The Labute approximate surface area is 394 Å². The fourth-order valence-corrected chi connectivity index (χ4v) is 8.22. The summed E-state index contributed by atoms with van der Waals surface area (Å²) in [4.78, 5) is 162. The van der Waals surface area contributed by atoms with Crippen molar-refractivity contribution in [2.24, 2.45) is 17.4 Å². The van der Waals surface area contributed by atoms with Gasteiger partial charge in [-0.25, -0.2) is 0 Å². The van der Waals surface area contributed by atoms with E-state index in [-0.39, 0.29) is 25.0 Å². The number of hydrogen-bond donors (Lipinski definition) is 13. The Balaban J connectivity index is 2.14. The third-order valence-electron chi connectivity index (χ3n) is 11.3. The summed E-state index contributed by atoms with van der Waals surface area (Å²) >= 11 is 1.25. The van der Waals surface area contributed by atoms with E-state index < -0.39 is 195 Å². The molecule has 0 aromatic heterocycles. The third kappa shape index (κ3) is 16.3. The van der Waals surface area contributed by atoms with Crippen molar-refractivity contribution in [2.45, 2.75) is 139 Å². The van der Waals surface area contributed by atoms with Crippen molar-refractivity contribution in [1.82, 2.24) is 47.0 Å². The maximum atomic E-state index is 14.2. The van der Waals surface area contributed by atoms with Crippen molar-refractivity contribution < 1.29 is 78.0 Å². The first-order chi connectivity index (χ1) is 31.8. The molecule has 28 heteroatoms. The van der Waals surface area contributed by atoms with Crippen molar-refractivity contribution in [3.8, 4) is 0 Å². The molecule has 3 fully saturated rings. The summed E-state index contributed by atoms with van der Waals surface area (Å²) in [7, 11) is 0. The Kier molecular flexibility index (Phi) is 21.4. The molecule has 3 aliphatic rings. The fourth-order valence-electron chi connectivity index (χ4n) is 7.75. The summed E-state index contributed by atoms with van der Waals surface area (Å²) < 4.78 is 0. The van der Waals surface area contributed by atoms with Gasteiger partial charge in [0.1, 0.15) is 48.3 Å². The zero-order valence-electron chi connectivity index (χ0n) is 38.1. The quantitative estimate of drug-likeness (QED) is 0.0815. The van der Waals surface area contributed by atoms with E-state index in [1.807, 2.05) is 0 Å². The van der Waals surface area contributed by atoms with E-state index in [4.69, 9.17) is 11.5 Å². The molecule has 0 aromatic carbocycles. The molecule has 0 bridgehead atoms. The average molecular weight is 986 g/mol. The highest BCUT2D eigenvalue weighted by atomic mass is 32.2. The predicted molar refractivity (Wildman–Crippen MR) is 235 cm³/mol. The van der Waals surface area contributed by atoms with Crippen LogP contribution < -0.4 is 48.7 Å². The number of carbonyl (C=O) groups excluding carboxylic acids is 11. The van der Waals surface area contributed by atoms with E-state index in [0.29, 0.717) is 0 Å². The number of aliphatic hydroxyl groups is 3. The molecule has 0 saturated carbocycles. The lowest BCUT2D eigenvalue weighted by Gasteiger charge is -2.32. The van der Waals surface area contributed by atoms with Gasteiger partial charge in [-0.05, 0) is 44.1 Å². The summed E-state index contributed by atoms with van der Waals surface area (Å²) in [6, 6.07) is -12.9. The zero-order chi connectivity index (χ0) is 51.2. The van der Waals surface area contributed by atoms with Crippen LogP contribution >= 0.6 is 11.8 Å². The van der Waals surface area contributed by atoms with Crippen LogP contribution in [0.2, 0.25) is 0 Å². The Bertz CT molecular complexity index is 1940. The normalized spacial score (nSPS) is 29.3. The number of carbonyl (C=O) groups is 12. The molecule has 3 saturated heterocycles. The van der Waals surface area contributed by atoms with Gasteiger partial charge in [0.2, 0.25) is 65.0 Å². The van der Waals surface area contributed by atoms with E-state index in [9.17, 15) is 78.0 Å². The lowest BCUT2D eigenvalue weighted by Crippen LogP contribution is -2.62. The van der Waals surface area contributed by atoms with Crippen molar-refractivity contribution in [3.63, 3.8) is 0 Å². The van der Waals surface area contributed by atoms with Gasteiger partial charge in [-0.15, -0.1) is 0 Å². The smallest absolute Gasteiger partial charge is 0.303 e. The average Bonchev–Trinajstić information content (AvgIpc) is 3.85. The Morgan fingerprint density at radius 1 is 0.632 bits per heavy atom. The number of carboxylic acids is 1. The van der Waals surface area contributed by atoms with Crippen LogP contribution in [0.4, 0.5) is 0 Å². The van der Waals surface area contributed by atoms with Crippen molar-refractivity contribution >= 4 is 82.7 Å². The molecule has 3 heterocycles. The molecule has 15 N–H and O–H groups in total. The monoisotopic (exact) mass is 985 g/mol. The molecule has 380 valence electrons. The molecular weight excluding hydrogens is 923 g/mol. The van der Waals surface area contributed by atoms with Gasteiger partial charge in [0.05, 0.1) is 31.3 Å². The van der Waals surface area contributed by atoms with Crippen LogP contribution in [0.3, 0.4) is 0 Å². The standard InChI is InChI=1S/C40H63N11O16S/c1-17(2)31-38(65)47-24(13-28(42)56)39(66)50-15-19(53)11-25(50)36(63)43-14-29(57)44-21(5-7-27(41)55)33(60)45-22(6-8-30(58)59)34(61)46-23(9-10-68-4)35(62)49-32(18(3)52)40(67)51-16-20(54)12-26(51)37(64)48-31/h17-26,31-32,52-54H,5-16H2,1-4H3,(H2,41,55)(H2,42,56)(H,43,63)(H,44,57)(H,45,60)(H,46,61)(H,47,65)(H,48,64)(H,49,62)(H,58,59). The highest BCUT2D eigenvalue weighted by Crippen LogP contribution is 2.23. The molecule has 3 rings (SSSR count). The minimum Gasteiger partial charge on any atom is -0.481 e. The molecule has 0 aliphatic carbocycles. The maximum Gasteiger partial charge on any atom is 0.303 e. The van der Waals surface area contributed by atoms with E-state index in [1.54, 1.807) is 6.26 Å². The number of carboxylic acid groups (broad SMARTS) is 1. The Morgan fingerprint density at radius 3 is 1.63 bits per heavy atom. The summed E-state index contributed by atoms with van der Waals surface area (Å²) in [5.74, 6) is -13.3. The summed E-state index contributed by atoms with van der Waals surface area (Å²) in [6.07, 6.45) is -6.47. The highest BCUT2D eigenvalue weighted by Gasteiger charge is 2.46. The van der Waals surface area contributed by atoms with E-state index in [0.717, 1.165) is 16.7 Å². The molecule has 0 aromatic rings. The molecular formula is C40H63N11O16S. The first-order valence-corrected chi connectivity index (χ1v) is 23.3. The van der Waals surface area contributed by atoms with Crippen molar-refractivity contribution in [3.05, 3.63) is 0 Å².